The second kappa shape index (κ2) is 7.75. The number of pyridine rings is 1. The van der Waals surface area contributed by atoms with Crippen LogP contribution < -0.4 is 10.9 Å². The first-order valence-electron chi connectivity index (χ1n) is 10.6. The minimum Gasteiger partial charge on any atom is -0.382 e. The highest BCUT2D eigenvalue weighted by atomic mass is 35.5. The van der Waals surface area contributed by atoms with Crippen molar-refractivity contribution in [1.82, 2.24) is 9.88 Å². The number of hydrogen-bond donors (Lipinski definition) is 2. The van der Waals surface area contributed by atoms with Gasteiger partial charge in [0.2, 0.25) is 0 Å². The van der Waals surface area contributed by atoms with Gasteiger partial charge in [-0.05, 0) is 61.7 Å². The van der Waals surface area contributed by atoms with Crippen molar-refractivity contribution in [3.8, 4) is 22.4 Å². The van der Waals surface area contributed by atoms with E-state index in [-0.39, 0.29) is 11.3 Å². The normalized spacial score (nSPS) is 17.0. The molecule has 31 heavy (non-hydrogen) atoms. The van der Waals surface area contributed by atoms with Gasteiger partial charge >= 0.3 is 0 Å². The summed E-state index contributed by atoms with van der Waals surface area (Å²) in [6.45, 7) is 1.63. The fraction of sp³-hybridized carbons (Fsp3) is 0.280. The van der Waals surface area contributed by atoms with Gasteiger partial charge in [-0.15, -0.1) is 0 Å². The number of rotatable bonds is 3. The summed E-state index contributed by atoms with van der Waals surface area (Å²) in [6.07, 6.45) is 1.36. The molecule has 0 saturated carbocycles. The summed E-state index contributed by atoms with van der Waals surface area (Å²) in [7, 11) is 0. The molecule has 3 aromatic rings. The van der Waals surface area contributed by atoms with Gasteiger partial charge in [-0.3, -0.25) is 9.59 Å². The lowest BCUT2D eigenvalue weighted by molar-refractivity contribution is 0.0155. The maximum Gasteiger partial charge on any atom is 0.258 e. The zero-order valence-corrected chi connectivity index (χ0v) is 17.8. The van der Waals surface area contributed by atoms with Gasteiger partial charge in [0.1, 0.15) is 5.60 Å². The Labute approximate surface area is 185 Å². The lowest BCUT2D eigenvalue weighted by Crippen LogP contribution is -2.48. The summed E-state index contributed by atoms with van der Waals surface area (Å²) < 4.78 is 1.68. The molecule has 1 fully saturated rings. The number of fused-ring (bicyclic) bond motifs is 3. The van der Waals surface area contributed by atoms with E-state index in [4.69, 9.17) is 11.6 Å². The lowest BCUT2D eigenvalue weighted by atomic mass is 9.81. The van der Waals surface area contributed by atoms with Crippen molar-refractivity contribution in [1.29, 1.82) is 0 Å². The van der Waals surface area contributed by atoms with Gasteiger partial charge in [0.25, 0.3) is 5.56 Å². The summed E-state index contributed by atoms with van der Waals surface area (Å²) in [5, 5.41) is 15.0. The molecule has 1 aromatic heterocycles. The Kier molecular flexibility index (Phi) is 5.05. The van der Waals surface area contributed by atoms with Crippen LogP contribution in [0.1, 0.15) is 28.8 Å². The zero-order chi connectivity index (χ0) is 21.6. The van der Waals surface area contributed by atoms with Gasteiger partial charge in [0.15, 0.2) is 5.78 Å². The van der Waals surface area contributed by atoms with E-state index in [0.29, 0.717) is 60.7 Å². The number of Topliss-reactive ketones (excluding diaryl/α,β-unsaturated/α-hetero) is 1. The molecular formula is C25H23ClN2O3. The number of halogens is 1. The highest BCUT2D eigenvalue weighted by Gasteiger charge is 2.40. The van der Waals surface area contributed by atoms with Crippen LogP contribution in [-0.4, -0.2) is 34.1 Å². The molecule has 158 valence electrons. The summed E-state index contributed by atoms with van der Waals surface area (Å²) in [6, 6.07) is 16.6. The van der Waals surface area contributed by atoms with Crippen LogP contribution in [0.25, 0.3) is 22.4 Å². The van der Waals surface area contributed by atoms with Crippen LogP contribution in [0.4, 0.5) is 0 Å². The largest absolute Gasteiger partial charge is 0.382 e. The maximum atomic E-state index is 13.8. The van der Waals surface area contributed by atoms with E-state index in [2.05, 4.69) is 5.32 Å². The summed E-state index contributed by atoms with van der Waals surface area (Å²) in [4.78, 5) is 27.2. The second-order valence-corrected chi connectivity index (χ2v) is 8.74. The molecule has 0 spiro atoms. The monoisotopic (exact) mass is 434 g/mol. The molecule has 2 aliphatic heterocycles. The average Bonchev–Trinajstić information content (AvgIpc) is 2.80. The zero-order valence-electron chi connectivity index (χ0n) is 17.0. The third-order valence-corrected chi connectivity index (χ3v) is 6.64. The van der Waals surface area contributed by atoms with E-state index in [0.717, 1.165) is 16.7 Å². The molecule has 0 aliphatic carbocycles. The van der Waals surface area contributed by atoms with E-state index in [1.165, 1.54) is 0 Å². The number of nitrogens with zero attached hydrogens (tertiary/aromatic N) is 1. The number of aliphatic hydroxyl groups is 1. The topological polar surface area (TPSA) is 71.3 Å². The SMILES string of the molecule is O=C(c1cc(-c2ccccc2)c(=O)n2c1-c1cc(Cl)ccc1CC2)C1(O)CCNCC1. The van der Waals surface area contributed by atoms with Crippen LogP contribution in [0.5, 0.6) is 0 Å². The van der Waals surface area contributed by atoms with Crippen molar-refractivity contribution < 1.29 is 9.90 Å². The van der Waals surface area contributed by atoms with Crippen LogP contribution in [0.3, 0.4) is 0 Å². The summed E-state index contributed by atoms with van der Waals surface area (Å²) in [5.41, 5.74) is 2.41. The fourth-order valence-electron chi connectivity index (χ4n) is 4.71. The Morgan fingerprint density at radius 2 is 1.77 bits per heavy atom. The molecule has 6 heteroatoms. The number of aryl methyl sites for hydroxylation is 1. The molecule has 3 heterocycles. The van der Waals surface area contributed by atoms with Gasteiger partial charge in [-0.1, -0.05) is 48.0 Å². The molecule has 2 aromatic carbocycles. The summed E-state index contributed by atoms with van der Waals surface area (Å²) in [5.74, 6) is -0.331. The predicted molar refractivity (Wildman–Crippen MR) is 122 cm³/mol. The van der Waals surface area contributed by atoms with Crippen LogP contribution in [-0.2, 0) is 13.0 Å². The van der Waals surface area contributed by atoms with Gasteiger partial charge in [0, 0.05) is 28.3 Å². The molecule has 2 aliphatic rings. The van der Waals surface area contributed by atoms with Crippen molar-refractivity contribution in [2.24, 2.45) is 0 Å². The second-order valence-electron chi connectivity index (χ2n) is 8.31. The fourth-order valence-corrected chi connectivity index (χ4v) is 4.88. The van der Waals surface area contributed by atoms with Gasteiger partial charge in [-0.2, -0.15) is 0 Å². The van der Waals surface area contributed by atoms with E-state index in [9.17, 15) is 14.7 Å². The molecule has 5 rings (SSSR count). The van der Waals surface area contributed by atoms with E-state index in [1.807, 2.05) is 48.5 Å². The number of ketones is 1. The first kappa shape index (κ1) is 20.2. The van der Waals surface area contributed by atoms with Crippen LogP contribution in [0.15, 0.2) is 59.4 Å². The van der Waals surface area contributed by atoms with Crippen molar-refractivity contribution in [2.45, 2.75) is 31.4 Å². The first-order valence-corrected chi connectivity index (χ1v) is 11.0. The summed E-state index contributed by atoms with van der Waals surface area (Å²) >= 11 is 6.29. The van der Waals surface area contributed by atoms with Crippen molar-refractivity contribution >= 4 is 17.4 Å². The smallest absolute Gasteiger partial charge is 0.258 e. The minimum absolute atomic E-state index is 0.138. The van der Waals surface area contributed by atoms with Crippen LogP contribution >= 0.6 is 11.6 Å². The number of nitrogens with one attached hydrogen (secondary N) is 1. The highest BCUT2D eigenvalue weighted by molar-refractivity contribution is 6.31. The maximum absolute atomic E-state index is 13.8. The molecule has 0 bridgehead atoms. The van der Waals surface area contributed by atoms with Crippen LogP contribution in [0.2, 0.25) is 5.02 Å². The minimum atomic E-state index is -1.45. The van der Waals surface area contributed by atoms with Gasteiger partial charge in [-0.25, -0.2) is 0 Å². The molecule has 0 unspecified atom stereocenters. The Morgan fingerprint density at radius 3 is 2.52 bits per heavy atom. The van der Waals surface area contributed by atoms with Crippen molar-refractivity contribution in [2.75, 3.05) is 13.1 Å². The van der Waals surface area contributed by atoms with E-state index in [1.54, 1.807) is 10.6 Å². The quantitative estimate of drug-likeness (QED) is 0.617. The third kappa shape index (κ3) is 3.43. The van der Waals surface area contributed by atoms with Gasteiger partial charge in [0.05, 0.1) is 5.69 Å². The third-order valence-electron chi connectivity index (χ3n) is 6.40. The molecule has 1 saturated heterocycles. The average molecular weight is 435 g/mol. The highest BCUT2D eigenvalue weighted by Crippen LogP contribution is 2.37. The number of piperidine rings is 1. The van der Waals surface area contributed by atoms with E-state index >= 15 is 0 Å². The number of carbonyl (C=O) groups excluding carboxylic acids is 1. The van der Waals surface area contributed by atoms with Gasteiger partial charge < -0.3 is 15.0 Å². The Bertz CT molecular complexity index is 1230. The Balaban J connectivity index is 1.79. The first-order chi connectivity index (χ1) is 15.0. The number of carbonyl (C=O) groups is 1. The number of hydrogen-bond acceptors (Lipinski definition) is 4. The standard InChI is InChI=1S/C25H23ClN2O3/c26-18-7-6-17-8-13-28-22(19(17)14-18)21(23(29)25(31)9-11-27-12-10-25)15-20(24(28)30)16-4-2-1-3-5-16/h1-7,14-15,27,31H,8-13H2. The predicted octanol–water partition coefficient (Wildman–Crippen LogP) is 3.69. The number of benzene rings is 2. The molecular weight excluding hydrogens is 412 g/mol. The van der Waals surface area contributed by atoms with E-state index < -0.39 is 5.60 Å². The van der Waals surface area contributed by atoms with Crippen LogP contribution in [0, 0.1) is 0 Å². The molecule has 0 radical (unpaired) electrons. The van der Waals surface area contributed by atoms with Crippen molar-refractivity contribution in [3.63, 3.8) is 0 Å². The van der Waals surface area contributed by atoms with Crippen molar-refractivity contribution in [3.05, 3.63) is 81.1 Å². The molecule has 2 N–H and O–H groups in total. The molecule has 5 nitrogen and oxygen atoms in total. The molecule has 0 amide bonds. The Hall–Kier alpha value is -2.73. The Morgan fingerprint density at radius 1 is 1.03 bits per heavy atom. The molecule has 0 atom stereocenters. The lowest BCUT2D eigenvalue weighted by Gasteiger charge is -2.33. The number of aromatic nitrogens is 1.